The van der Waals surface area contributed by atoms with Crippen molar-refractivity contribution in [1.82, 2.24) is 5.32 Å². The maximum atomic E-state index is 13.7. The van der Waals surface area contributed by atoms with Crippen molar-refractivity contribution in [2.45, 2.75) is 39.3 Å². The molecule has 0 aromatic heterocycles. The van der Waals surface area contributed by atoms with Crippen LogP contribution in [0.15, 0.2) is 24.3 Å². The summed E-state index contributed by atoms with van der Waals surface area (Å²) in [5.74, 6) is -0.569. The van der Waals surface area contributed by atoms with E-state index in [1.54, 1.807) is 32.0 Å². The fourth-order valence-corrected chi connectivity index (χ4v) is 1.82. The molecule has 0 aliphatic heterocycles. The number of nitrogens with one attached hydrogen (secondary N) is 1. The second kappa shape index (κ2) is 7.11. The molecule has 0 heterocycles. The van der Waals surface area contributed by atoms with Crippen LogP contribution < -0.4 is 5.32 Å². The molecule has 100 valence electrons. The molecule has 0 saturated heterocycles. The molecule has 0 fully saturated rings. The molecule has 1 rings (SSSR count). The van der Waals surface area contributed by atoms with Crippen LogP contribution in [0.5, 0.6) is 0 Å². The van der Waals surface area contributed by atoms with Crippen molar-refractivity contribution in [3.8, 4) is 0 Å². The van der Waals surface area contributed by atoms with E-state index in [9.17, 15) is 9.18 Å². The highest BCUT2D eigenvalue weighted by Crippen LogP contribution is 2.20. The molecule has 2 unspecified atom stereocenters. The molecule has 0 aliphatic carbocycles. The molecule has 1 aromatic rings. The zero-order chi connectivity index (χ0) is 13.5. The van der Waals surface area contributed by atoms with Gasteiger partial charge in [0.25, 0.3) is 0 Å². The topological polar surface area (TPSA) is 38.3 Å². The second-order valence-corrected chi connectivity index (χ2v) is 4.12. The van der Waals surface area contributed by atoms with Gasteiger partial charge in [0.15, 0.2) is 0 Å². The van der Waals surface area contributed by atoms with Gasteiger partial charge in [-0.1, -0.05) is 25.1 Å². The third kappa shape index (κ3) is 3.81. The highest BCUT2D eigenvalue weighted by Gasteiger charge is 2.20. The van der Waals surface area contributed by atoms with Crippen molar-refractivity contribution in [2.24, 2.45) is 0 Å². The predicted octanol–water partition coefficient (Wildman–Crippen LogP) is 2.82. The number of carbonyl (C=O) groups excluding carboxylic acids is 1. The average molecular weight is 253 g/mol. The van der Waals surface area contributed by atoms with E-state index in [1.165, 1.54) is 6.07 Å². The van der Waals surface area contributed by atoms with Crippen molar-refractivity contribution in [1.29, 1.82) is 0 Å². The molecule has 1 N–H and O–H groups in total. The summed E-state index contributed by atoms with van der Waals surface area (Å²) in [5, 5.41) is 3.09. The number of ether oxygens (including phenoxy) is 1. The third-order valence-electron chi connectivity index (χ3n) is 2.78. The average Bonchev–Trinajstić information content (AvgIpc) is 2.37. The summed E-state index contributed by atoms with van der Waals surface area (Å²) < 4.78 is 18.6. The highest BCUT2D eigenvalue weighted by molar-refractivity contribution is 5.75. The van der Waals surface area contributed by atoms with Crippen LogP contribution in [0.2, 0.25) is 0 Å². The zero-order valence-corrected chi connectivity index (χ0v) is 11.1. The van der Waals surface area contributed by atoms with E-state index < -0.39 is 6.04 Å². The molecule has 1 aromatic carbocycles. The summed E-state index contributed by atoms with van der Waals surface area (Å²) >= 11 is 0. The van der Waals surface area contributed by atoms with Gasteiger partial charge in [-0.15, -0.1) is 0 Å². The van der Waals surface area contributed by atoms with Gasteiger partial charge in [-0.3, -0.25) is 10.1 Å². The Kier molecular flexibility index (Phi) is 5.78. The Labute approximate surface area is 107 Å². The minimum atomic E-state index is -0.450. The summed E-state index contributed by atoms with van der Waals surface area (Å²) in [6.45, 7) is 5.78. The monoisotopic (exact) mass is 253 g/mol. The number of rotatable bonds is 6. The van der Waals surface area contributed by atoms with Crippen LogP contribution in [0.3, 0.4) is 0 Å². The standard InChI is InChI=1S/C14H20FNO2/c1-4-13(11-8-6-7-9-12(11)15)16-10(3)14(17)18-5-2/h6-10,13,16H,4-5H2,1-3H3. The molecule has 0 aliphatic rings. The first-order valence-electron chi connectivity index (χ1n) is 6.27. The lowest BCUT2D eigenvalue weighted by Gasteiger charge is -2.21. The van der Waals surface area contributed by atoms with E-state index in [1.807, 2.05) is 6.92 Å². The number of esters is 1. The van der Waals surface area contributed by atoms with E-state index in [-0.39, 0.29) is 17.8 Å². The van der Waals surface area contributed by atoms with Crippen LogP contribution in [0.25, 0.3) is 0 Å². The maximum absolute atomic E-state index is 13.7. The molecule has 0 saturated carbocycles. The quantitative estimate of drug-likeness (QED) is 0.792. The van der Waals surface area contributed by atoms with Crippen molar-refractivity contribution in [3.05, 3.63) is 35.6 Å². The van der Waals surface area contributed by atoms with E-state index in [2.05, 4.69) is 5.32 Å². The van der Waals surface area contributed by atoms with Gasteiger partial charge in [-0.2, -0.15) is 0 Å². The minimum Gasteiger partial charge on any atom is -0.465 e. The summed E-state index contributed by atoms with van der Waals surface area (Å²) in [5.41, 5.74) is 0.580. The maximum Gasteiger partial charge on any atom is 0.322 e. The van der Waals surface area contributed by atoms with Gasteiger partial charge in [-0.05, 0) is 26.3 Å². The predicted molar refractivity (Wildman–Crippen MR) is 68.7 cm³/mol. The number of hydrogen-bond acceptors (Lipinski definition) is 3. The third-order valence-corrected chi connectivity index (χ3v) is 2.78. The van der Waals surface area contributed by atoms with Crippen molar-refractivity contribution < 1.29 is 13.9 Å². The van der Waals surface area contributed by atoms with Crippen LogP contribution in [-0.2, 0) is 9.53 Å². The molecule has 0 spiro atoms. The first-order valence-corrected chi connectivity index (χ1v) is 6.27. The molecule has 2 atom stereocenters. The summed E-state index contributed by atoms with van der Waals surface area (Å²) in [6.07, 6.45) is 0.699. The number of halogens is 1. The van der Waals surface area contributed by atoms with Crippen molar-refractivity contribution >= 4 is 5.97 Å². The summed E-state index contributed by atoms with van der Waals surface area (Å²) in [7, 11) is 0. The molecule has 4 heteroatoms. The SMILES string of the molecule is CCOC(=O)C(C)NC(CC)c1ccccc1F. The van der Waals surface area contributed by atoms with Crippen LogP contribution in [0.4, 0.5) is 4.39 Å². The Morgan fingerprint density at radius 2 is 2.06 bits per heavy atom. The van der Waals surface area contributed by atoms with Crippen LogP contribution >= 0.6 is 0 Å². The van der Waals surface area contributed by atoms with Gasteiger partial charge in [-0.25, -0.2) is 4.39 Å². The molecule has 0 radical (unpaired) electrons. The second-order valence-electron chi connectivity index (χ2n) is 4.12. The van der Waals surface area contributed by atoms with Crippen LogP contribution in [0.1, 0.15) is 38.8 Å². The largest absolute Gasteiger partial charge is 0.465 e. The number of benzene rings is 1. The smallest absolute Gasteiger partial charge is 0.322 e. The van der Waals surface area contributed by atoms with Gasteiger partial charge < -0.3 is 4.74 Å². The zero-order valence-electron chi connectivity index (χ0n) is 11.1. The molecule has 18 heavy (non-hydrogen) atoms. The Morgan fingerprint density at radius 3 is 2.61 bits per heavy atom. The van der Waals surface area contributed by atoms with Gasteiger partial charge >= 0.3 is 5.97 Å². The molecule has 3 nitrogen and oxygen atoms in total. The Balaban J connectivity index is 2.74. The van der Waals surface area contributed by atoms with Crippen LogP contribution in [0, 0.1) is 5.82 Å². The lowest BCUT2D eigenvalue weighted by atomic mass is 10.0. The Morgan fingerprint density at radius 1 is 1.39 bits per heavy atom. The molecule has 0 amide bonds. The first kappa shape index (κ1) is 14.6. The van der Waals surface area contributed by atoms with Crippen molar-refractivity contribution in [2.75, 3.05) is 6.61 Å². The Hall–Kier alpha value is -1.42. The molecule has 0 bridgehead atoms. The highest BCUT2D eigenvalue weighted by atomic mass is 19.1. The van der Waals surface area contributed by atoms with Crippen LogP contribution in [-0.4, -0.2) is 18.6 Å². The Bertz CT molecular complexity index is 395. The summed E-state index contributed by atoms with van der Waals surface area (Å²) in [4.78, 5) is 11.5. The number of hydrogen-bond donors (Lipinski definition) is 1. The molecular formula is C14H20FNO2. The van der Waals surface area contributed by atoms with Gasteiger partial charge in [0.05, 0.1) is 6.61 Å². The normalized spacial score (nSPS) is 14.0. The van der Waals surface area contributed by atoms with Gasteiger partial charge in [0.1, 0.15) is 11.9 Å². The first-order chi connectivity index (χ1) is 8.60. The number of carbonyl (C=O) groups is 1. The summed E-state index contributed by atoms with van der Waals surface area (Å²) in [6, 6.07) is 5.96. The fourth-order valence-electron chi connectivity index (χ4n) is 1.82. The lowest BCUT2D eigenvalue weighted by molar-refractivity contribution is -0.145. The fraction of sp³-hybridized carbons (Fsp3) is 0.500. The van der Waals surface area contributed by atoms with E-state index >= 15 is 0 Å². The van der Waals surface area contributed by atoms with E-state index in [0.29, 0.717) is 18.6 Å². The minimum absolute atomic E-state index is 0.189. The molecular weight excluding hydrogens is 233 g/mol. The van der Waals surface area contributed by atoms with Gasteiger partial charge in [0.2, 0.25) is 0 Å². The van der Waals surface area contributed by atoms with Crippen molar-refractivity contribution in [3.63, 3.8) is 0 Å². The lowest BCUT2D eigenvalue weighted by Crippen LogP contribution is -2.38. The van der Waals surface area contributed by atoms with E-state index in [0.717, 1.165) is 0 Å². The van der Waals surface area contributed by atoms with E-state index in [4.69, 9.17) is 4.74 Å². The van der Waals surface area contributed by atoms with Gasteiger partial charge in [0, 0.05) is 11.6 Å².